The van der Waals surface area contributed by atoms with Crippen molar-refractivity contribution in [3.05, 3.63) is 101 Å². The highest BCUT2D eigenvalue weighted by molar-refractivity contribution is 6.06. The molecule has 1 aliphatic rings. The van der Waals surface area contributed by atoms with Crippen LogP contribution in [0.4, 0.5) is 10.1 Å². The Labute approximate surface area is 206 Å². The van der Waals surface area contributed by atoms with Crippen LogP contribution in [0.5, 0.6) is 0 Å². The highest BCUT2D eigenvalue weighted by atomic mass is 19.1. The van der Waals surface area contributed by atoms with Crippen molar-refractivity contribution in [2.24, 2.45) is 0 Å². The summed E-state index contributed by atoms with van der Waals surface area (Å²) < 4.78 is 13.8. The van der Waals surface area contributed by atoms with E-state index < -0.39 is 0 Å². The second-order valence-corrected chi connectivity index (χ2v) is 9.13. The fourth-order valence-corrected chi connectivity index (χ4v) is 4.35. The van der Waals surface area contributed by atoms with Gasteiger partial charge in [0.15, 0.2) is 0 Å². The van der Waals surface area contributed by atoms with E-state index in [0.29, 0.717) is 23.4 Å². The number of hydrogen-bond donors (Lipinski definition) is 1. The zero-order valence-corrected chi connectivity index (χ0v) is 20.2. The van der Waals surface area contributed by atoms with Gasteiger partial charge in [0.2, 0.25) is 5.91 Å². The van der Waals surface area contributed by atoms with Crippen LogP contribution < -0.4 is 10.2 Å². The molecule has 1 fully saturated rings. The minimum atomic E-state index is -0.337. The summed E-state index contributed by atoms with van der Waals surface area (Å²) in [6.45, 7) is 5.99. The van der Waals surface area contributed by atoms with Crippen molar-refractivity contribution in [3.63, 3.8) is 0 Å². The van der Waals surface area contributed by atoms with Crippen LogP contribution in [0.15, 0.2) is 72.8 Å². The van der Waals surface area contributed by atoms with E-state index in [1.54, 1.807) is 29.2 Å². The molecule has 4 rings (SSSR count). The van der Waals surface area contributed by atoms with Gasteiger partial charge >= 0.3 is 0 Å². The second-order valence-electron chi connectivity index (χ2n) is 9.13. The van der Waals surface area contributed by atoms with Gasteiger partial charge in [0.05, 0.1) is 13.0 Å². The summed E-state index contributed by atoms with van der Waals surface area (Å²) in [7, 11) is 0. The molecule has 1 heterocycles. The van der Waals surface area contributed by atoms with Crippen LogP contribution in [0.1, 0.15) is 39.9 Å². The molecule has 0 bridgehead atoms. The van der Waals surface area contributed by atoms with E-state index >= 15 is 0 Å². The molecule has 1 aliphatic heterocycles. The maximum Gasteiger partial charge on any atom is 0.258 e. The summed E-state index contributed by atoms with van der Waals surface area (Å²) in [6, 6.07) is 21.1. The molecule has 0 saturated carbocycles. The van der Waals surface area contributed by atoms with Crippen LogP contribution in [0.2, 0.25) is 0 Å². The molecule has 0 spiro atoms. The molecule has 6 heteroatoms. The Kier molecular flexibility index (Phi) is 8.27. The quantitative estimate of drug-likeness (QED) is 0.489. The molecule has 35 heavy (non-hydrogen) atoms. The summed E-state index contributed by atoms with van der Waals surface area (Å²) >= 11 is 0. The lowest BCUT2D eigenvalue weighted by Crippen LogP contribution is -2.34. The number of hydrogen-bond acceptors (Lipinski definition) is 3. The third-order valence-electron chi connectivity index (χ3n) is 6.33. The number of carbonyl (C=O) groups excluding carboxylic acids is 2. The van der Waals surface area contributed by atoms with Gasteiger partial charge in [0.25, 0.3) is 5.91 Å². The Morgan fingerprint density at radius 2 is 1.66 bits per heavy atom. The average Bonchev–Trinajstić information content (AvgIpc) is 3.37. The van der Waals surface area contributed by atoms with E-state index in [0.717, 1.165) is 30.8 Å². The Morgan fingerprint density at radius 1 is 0.943 bits per heavy atom. The largest absolute Gasteiger partial charge is 0.355 e. The molecule has 3 aromatic carbocycles. The molecule has 0 unspecified atom stereocenters. The first-order chi connectivity index (χ1) is 17.0. The van der Waals surface area contributed by atoms with Crippen LogP contribution in [-0.2, 0) is 17.8 Å². The monoisotopic (exact) mass is 473 g/mol. The van der Waals surface area contributed by atoms with Gasteiger partial charge < -0.3 is 15.1 Å². The minimum absolute atomic E-state index is 0.00991. The maximum atomic E-state index is 13.8. The normalized spacial score (nSPS) is 13.5. The van der Waals surface area contributed by atoms with E-state index in [2.05, 4.69) is 10.2 Å². The number of aryl methyl sites for hydroxylation is 1. The van der Waals surface area contributed by atoms with Crippen molar-refractivity contribution in [1.82, 2.24) is 10.2 Å². The number of rotatable bonds is 9. The molecule has 0 aliphatic carbocycles. The summed E-state index contributed by atoms with van der Waals surface area (Å²) in [5.74, 6) is -0.512. The van der Waals surface area contributed by atoms with E-state index in [-0.39, 0.29) is 30.6 Å². The SMILES string of the molecule is Cc1ccc(C(=O)N(Cc2cccc(F)c2)c2ccc(CC(=O)NCCN3CCCC3)cc2)cc1. The highest BCUT2D eigenvalue weighted by Gasteiger charge is 2.19. The van der Waals surface area contributed by atoms with Gasteiger partial charge in [-0.25, -0.2) is 4.39 Å². The Morgan fingerprint density at radius 3 is 2.34 bits per heavy atom. The number of likely N-dealkylation sites (tertiary alicyclic amines) is 1. The lowest BCUT2D eigenvalue weighted by atomic mass is 10.1. The average molecular weight is 474 g/mol. The second kappa shape index (κ2) is 11.8. The minimum Gasteiger partial charge on any atom is -0.355 e. The fraction of sp³-hybridized carbons (Fsp3) is 0.310. The first-order valence-electron chi connectivity index (χ1n) is 12.2. The van der Waals surface area contributed by atoms with Crippen molar-refractivity contribution < 1.29 is 14.0 Å². The zero-order valence-electron chi connectivity index (χ0n) is 20.2. The molecular weight excluding hydrogens is 441 g/mol. The van der Waals surface area contributed by atoms with Gasteiger partial charge in [-0.2, -0.15) is 0 Å². The molecule has 0 radical (unpaired) electrons. The van der Waals surface area contributed by atoms with Crippen LogP contribution >= 0.6 is 0 Å². The lowest BCUT2D eigenvalue weighted by molar-refractivity contribution is -0.120. The van der Waals surface area contributed by atoms with Crippen molar-refractivity contribution in [1.29, 1.82) is 0 Å². The van der Waals surface area contributed by atoms with Crippen LogP contribution in [-0.4, -0.2) is 42.9 Å². The van der Waals surface area contributed by atoms with E-state index in [1.807, 2.05) is 43.3 Å². The number of halogens is 1. The molecule has 0 aromatic heterocycles. The van der Waals surface area contributed by atoms with Gasteiger partial charge in [-0.15, -0.1) is 0 Å². The van der Waals surface area contributed by atoms with Gasteiger partial charge in [-0.3, -0.25) is 9.59 Å². The van der Waals surface area contributed by atoms with Gasteiger partial charge in [0.1, 0.15) is 5.82 Å². The van der Waals surface area contributed by atoms with Crippen molar-refractivity contribution >= 4 is 17.5 Å². The maximum absolute atomic E-state index is 13.8. The zero-order chi connectivity index (χ0) is 24.6. The van der Waals surface area contributed by atoms with Gasteiger partial charge in [-0.05, 0) is 80.4 Å². The predicted molar refractivity (Wildman–Crippen MR) is 137 cm³/mol. The van der Waals surface area contributed by atoms with Crippen LogP contribution in [0.3, 0.4) is 0 Å². The third-order valence-corrected chi connectivity index (χ3v) is 6.33. The molecular formula is C29H32FN3O2. The summed E-state index contributed by atoms with van der Waals surface area (Å²) in [6.07, 6.45) is 2.77. The number of nitrogens with zero attached hydrogens (tertiary/aromatic N) is 2. The van der Waals surface area contributed by atoms with Gasteiger partial charge in [-0.1, -0.05) is 42.0 Å². The molecule has 1 saturated heterocycles. The summed E-state index contributed by atoms with van der Waals surface area (Å²) in [5.41, 5.74) is 3.90. The van der Waals surface area contributed by atoms with E-state index in [1.165, 1.54) is 25.0 Å². The molecule has 2 amide bonds. The van der Waals surface area contributed by atoms with Crippen molar-refractivity contribution in [2.45, 2.75) is 32.7 Å². The van der Waals surface area contributed by atoms with Crippen LogP contribution in [0, 0.1) is 12.7 Å². The highest BCUT2D eigenvalue weighted by Crippen LogP contribution is 2.22. The fourth-order valence-electron chi connectivity index (χ4n) is 4.35. The van der Waals surface area contributed by atoms with Crippen molar-refractivity contribution in [3.8, 4) is 0 Å². The Hall–Kier alpha value is -3.51. The van der Waals surface area contributed by atoms with E-state index in [4.69, 9.17) is 0 Å². The number of carbonyl (C=O) groups is 2. The van der Waals surface area contributed by atoms with Crippen molar-refractivity contribution in [2.75, 3.05) is 31.1 Å². The van der Waals surface area contributed by atoms with Gasteiger partial charge in [0, 0.05) is 24.3 Å². The Balaban J connectivity index is 1.44. The molecule has 1 N–H and O–H groups in total. The summed E-state index contributed by atoms with van der Waals surface area (Å²) in [5, 5.41) is 3.00. The number of nitrogens with one attached hydrogen (secondary N) is 1. The predicted octanol–water partition coefficient (Wildman–Crippen LogP) is 4.74. The molecule has 182 valence electrons. The molecule has 5 nitrogen and oxygen atoms in total. The summed E-state index contributed by atoms with van der Waals surface area (Å²) in [4.78, 5) is 29.8. The standard InChI is InChI=1S/C29H32FN3O2/c1-22-7-11-25(12-8-22)29(35)33(21-24-5-4-6-26(30)19-24)27-13-9-23(10-14-27)20-28(34)31-15-18-32-16-2-3-17-32/h4-14,19H,2-3,15-18,20-21H2,1H3,(H,31,34). The third kappa shape index (κ3) is 6.99. The lowest BCUT2D eigenvalue weighted by Gasteiger charge is -2.24. The first-order valence-corrected chi connectivity index (χ1v) is 12.2. The topological polar surface area (TPSA) is 52.7 Å². The number of anilines is 1. The smallest absolute Gasteiger partial charge is 0.258 e. The number of benzene rings is 3. The van der Waals surface area contributed by atoms with E-state index in [9.17, 15) is 14.0 Å². The molecule has 3 aromatic rings. The van der Waals surface area contributed by atoms with Crippen LogP contribution in [0.25, 0.3) is 0 Å². The first kappa shape index (κ1) is 24.6. The number of amides is 2. The Bertz CT molecular complexity index is 1140. The molecule has 0 atom stereocenters.